The molecule has 1 unspecified atom stereocenters. The van der Waals surface area contributed by atoms with E-state index in [1.54, 1.807) is 24.3 Å². The second-order valence-corrected chi connectivity index (χ2v) is 7.91. The maximum absolute atomic E-state index is 13.2. The molecular weight excluding hydrogens is 418 g/mol. The molecule has 1 amide bonds. The van der Waals surface area contributed by atoms with Crippen molar-refractivity contribution in [2.45, 2.75) is 19.0 Å². The maximum Gasteiger partial charge on any atom is 0.262 e. The van der Waals surface area contributed by atoms with Crippen molar-refractivity contribution >= 4 is 29.0 Å². The Morgan fingerprint density at radius 3 is 2.44 bits per heavy atom. The molecule has 0 radical (unpaired) electrons. The Hall–Kier alpha value is -3.77. The number of hydrogen-bond donors (Lipinski definition) is 2. The molecule has 0 aliphatic heterocycles. The van der Waals surface area contributed by atoms with Crippen molar-refractivity contribution in [2.75, 3.05) is 0 Å². The summed E-state index contributed by atoms with van der Waals surface area (Å²) in [7, 11) is 0. The van der Waals surface area contributed by atoms with Crippen LogP contribution in [0.1, 0.15) is 27.5 Å². The zero-order valence-electron chi connectivity index (χ0n) is 17.5. The molecule has 0 saturated carbocycles. The molecule has 1 atom stereocenters. The van der Waals surface area contributed by atoms with Crippen LogP contribution < -0.4 is 10.9 Å². The minimum Gasteiger partial charge on any atom is -0.345 e. The Kier molecular flexibility index (Phi) is 6.42. The Morgan fingerprint density at radius 2 is 1.75 bits per heavy atom. The zero-order chi connectivity index (χ0) is 22.5. The third-order valence-corrected chi connectivity index (χ3v) is 5.67. The summed E-state index contributed by atoms with van der Waals surface area (Å²) in [5.74, 6) is -0.216. The molecule has 2 N–H and O–H groups in total. The fourth-order valence-corrected chi connectivity index (χ4v) is 3.99. The van der Waals surface area contributed by atoms with Crippen molar-refractivity contribution in [3.63, 3.8) is 0 Å². The van der Waals surface area contributed by atoms with Gasteiger partial charge in [-0.05, 0) is 48.0 Å². The van der Waals surface area contributed by atoms with Gasteiger partial charge in [0.2, 0.25) is 0 Å². The lowest BCUT2D eigenvalue weighted by Crippen LogP contribution is -2.30. The average molecular weight is 442 g/mol. The number of rotatable bonds is 7. The molecule has 0 saturated heterocycles. The Bertz CT molecular complexity index is 1380. The van der Waals surface area contributed by atoms with Gasteiger partial charge < -0.3 is 10.3 Å². The molecule has 0 spiro atoms. The summed E-state index contributed by atoms with van der Waals surface area (Å²) in [5, 5.41) is 3.62. The number of benzene rings is 3. The Morgan fingerprint density at radius 1 is 1.06 bits per heavy atom. The van der Waals surface area contributed by atoms with Crippen LogP contribution in [0, 0.1) is 4.77 Å². The summed E-state index contributed by atoms with van der Waals surface area (Å²) in [6.45, 7) is 3.99. The summed E-state index contributed by atoms with van der Waals surface area (Å²) in [6, 6.07) is 24.7. The summed E-state index contributed by atoms with van der Waals surface area (Å²) < 4.78 is 1.74. The van der Waals surface area contributed by atoms with Gasteiger partial charge in [-0.15, -0.1) is 6.58 Å². The molecule has 4 aromatic rings. The van der Waals surface area contributed by atoms with Gasteiger partial charge in [-0.1, -0.05) is 66.7 Å². The number of hydrogen-bond acceptors (Lipinski definition) is 3. The summed E-state index contributed by atoms with van der Waals surface area (Å²) in [4.78, 5) is 28.9. The van der Waals surface area contributed by atoms with Crippen LogP contribution in [-0.4, -0.2) is 15.5 Å². The summed E-state index contributed by atoms with van der Waals surface area (Å²) in [6.07, 6.45) is 2.29. The first-order chi connectivity index (χ1) is 15.6. The van der Waals surface area contributed by atoms with Gasteiger partial charge in [-0.25, -0.2) is 0 Å². The number of nitrogens with zero attached hydrogens (tertiary/aromatic N) is 1. The number of allylic oxidation sites excluding steroid dienone is 1. The summed E-state index contributed by atoms with van der Waals surface area (Å²) in [5.41, 5.74) is 2.94. The highest BCUT2D eigenvalue weighted by Crippen LogP contribution is 2.20. The third-order valence-electron chi connectivity index (χ3n) is 5.35. The highest BCUT2D eigenvalue weighted by Gasteiger charge is 2.17. The first-order valence-corrected chi connectivity index (χ1v) is 10.7. The molecule has 0 aliphatic rings. The minimum atomic E-state index is -0.216. The van der Waals surface area contributed by atoms with Gasteiger partial charge in [0, 0.05) is 12.1 Å². The topological polar surface area (TPSA) is 66.9 Å². The van der Waals surface area contributed by atoms with Crippen LogP contribution in [0.3, 0.4) is 0 Å². The van der Waals surface area contributed by atoms with E-state index >= 15 is 0 Å². The van der Waals surface area contributed by atoms with E-state index < -0.39 is 0 Å². The number of fused-ring (bicyclic) bond motifs is 1. The standard InChI is InChI=1S/C26H23N3O2S/c1-2-15-29-25(31)21-14-13-20(17-23(21)28-26(29)32)24(30)27-22(19-11-7-4-8-12-19)16-18-9-5-3-6-10-18/h2-14,17,22H,1,15-16H2,(H,27,30)(H,28,32). The van der Waals surface area contributed by atoms with Crippen LogP contribution in [0.4, 0.5) is 0 Å². The second kappa shape index (κ2) is 9.58. The normalized spacial score (nSPS) is 11.8. The van der Waals surface area contributed by atoms with Crippen LogP contribution >= 0.6 is 12.2 Å². The molecule has 4 rings (SSSR count). The van der Waals surface area contributed by atoms with Gasteiger partial charge in [-0.3, -0.25) is 14.2 Å². The fraction of sp³-hybridized carbons (Fsp3) is 0.115. The molecule has 3 aromatic carbocycles. The van der Waals surface area contributed by atoms with Gasteiger partial charge in [-0.2, -0.15) is 0 Å². The number of H-pyrrole nitrogens is 1. The quantitative estimate of drug-likeness (QED) is 0.315. The van der Waals surface area contributed by atoms with Crippen LogP contribution in [-0.2, 0) is 13.0 Å². The van der Waals surface area contributed by atoms with Gasteiger partial charge in [0.05, 0.1) is 16.9 Å². The monoisotopic (exact) mass is 441 g/mol. The molecule has 0 aliphatic carbocycles. The smallest absolute Gasteiger partial charge is 0.262 e. The van der Waals surface area contributed by atoms with Gasteiger partial charge in [0.15, 0.2) is 4.77 Å². The number of carbonyl (C=O) groups is 1. The third kappa shape index (κ3) is 4.60. The number of aromatic nitrogens is 2. The van der Waals surface area contributed by atoms with Crippen molar-refractivity contribution in [1.82, 2.24) is 14.9 Å². The number of aromatic amines is 1. The SMILES string of the molecule is C=CCn1c(=S)[nH]c2cc(C(=O)NC(Cc3ccccc3)c3ccccc3)ccc2c1=O. The molecule has 5 nitrogen and oxygen atoms in total. The Labute approximate surface area is 191 Å². The molecule has 0 bridgehead atoms. The van der Waals surface area contributed by atoms with Crippen LogP contribution in [0.15, 0.2) is 96.3 Å². The van der Waals surface area contributed by atoms with Gasteiger partial charge in [0.1, 0.15) is 0 Å². The molecular formula is C26H23N3O2S. The second-order valence-electron chi connectivity index (χ2n) is 7.52. The zero-order valence-corrected chi connectivity index (χ0v) is 18.3. The maximum atomic E-state index is 13.2. The lowest BCUT2D eigenvalue weighted by atomic mass is 9.98. The lowest BCUT2D eigenvalue weighted by molar-refractivity contribution is 0.0936. The Balaban J connectivity index is 1.65. The minimum absolute atomic E-state index is 0.194. The van der Waals surface area contributed by atoms with E-state index in [0.29, 0.717) is 34.2 Å². The number of nitrogens with one attached hydrogen (secondary N) is 2. The lowest BCUT2D eigenvalue weighted by Gasteiger charge is -2.20. The molecule has 0 fully saturated rings. The van der Waals surface area contributed by atoms with Crippen molar-refractivity contribution in [3.8, 4) is 0 Å². The van der Waals surface area contributed by atoms with E-state index in [1.807, 2.05) is 60.7 Å². The van der Waals surface area contributed by atoms with Crippen molar-refractivity contribution in [3.05, 3.63) is 123 Å². The molecule has 6 heteroatoms. The van der Waals surface area contributed by atoms with E-state index in [0.717, 1.165) is 11.1 Å². The van der Waals surface area contributed by atoms with E-state index in [1.165, 1.54) is 4.57 Å². The number of amides is 1. The predicted octanol–water partition coefficient (Wildman–Crippen LogP) is 4.96. The highest BCUT2D eigenvalue weighted by molar-refractivity contribution is 7.71. The average Bonchev–Trinajstić information content (AvgIpc) is 2.82. The van der Waals surface area contributed by atoms with Gasteiger partial charge >= 0.3 is 0 Å². The van der Waals surface area contributed by atoms with Crippen molar-refractivity contribution in [1.29, 1.82) is 0 Å². The van der Waals surface area contributed by atoms with E-state index in [4.69, 9.17) is 12.2 Å². The van der Waals surface area contributed by atoms with Crippen molar-refractivity contribution < 1.29 is 4.79 Å². The molecule has 32 heavy (non-hydrogen) atoms. The molecule has 1 aromatic heterocycles. The summed E-state index contributed by atoms with van der Waals surface area (Å²) >= 11 is 5.31. The number of carbonyl (C=O) groups excluding carboxylic acids is 1. The first kappa shape index (κ1) is 21.5. The van der Waals surface area contributed by atoms with Gasteiger partial charge in [0.25, 0.3) is 11.5 Å². The highest BCUT2D eigenvalue weighted by atomic mass is 32.1. The van der Waals surface area contributed by atoms with Crippen molar-refractivity contribution in [2.24, 2.45) is 0 Å². The van der Waals surface area contributed by atoms with Crippen LogP contribution in [0.25, 0.3) is 10.9 Å². The first-order valence-electron chi connectivity index (χ1n) is 10.3. The van der Waals surface area contributed by atoms with E-state index in [9.17, 15) is 9.59 Å². The van der Waals surface area contributed by atoms with E-state index in [-0.39, 0.29) is 17.5 Å². The van der Waals surface area contributed by atoms with Crippen LogP contribution in [0.2, 0.25) is 0 Å². The molecule has 1 heterocycles. The van der Waals surface area contributed by atoms with Crippen LogP contribution in [0.5, 0.6) is 0 Å². The van der Waals surface area contributed by atoms with E-state index in [2.05, 4.69) is 16.9 Å². The largest absolute Gasteiger partial charge is 0.345 e. The molecule has 160 valence electrons. The fourth-order valence-electron chi connectivity index (χ4n) is 3.72. The predicted molar refractivity (Wildman–Crippen MR) is 130 cm³/mol.